The second-order valence-corrected chi connectivity index (χ2v) is 1.87. The Kier molecular flexibility index (Phi) is 1.07. The number of halogens is 1. The lowest BCUT2D eigenvalue weighted by molar-refractivity contribution is 0.727. The molecule has 1 aliphatic heterocycles. The fraction of sp³-hybridized carbons (Fsp3) is 0.750. The van der Waals surface area contributed by atoms with E-state index in [0.29, 0.717) is 11.9 Å². The molecule has 0 aromatic heterocycles. The molecule has 3 heteroatoms. The molecule has 0 N–H and O–H groups in total. The van der Waals surface area contributed by atoms with Crippen LogP contribution in [0.4, 0.5) is 0 Å². The summed E-state index contributed by atoms with van der Waals surface area (Å²) in [5.41, 5.74) is 0. The lowest BCUT2D eigenvalue weighted by Crippen LogP contribution is -1.92. The molecule has 0 spiro atoms. The van der Waals surface area contributed by atoms with Crippen LogP contribution in [-0.4, -0.2) is 23.4 Å². The minimum absolute atomic E-state index is 0.353. The van der Waals surface area contributed by atoms with Crippen molar-refractivity contribution in [2.24, 2.45) is 0 Å². The second-order valence-electron chi connectivity index (χ2n) is 1.56. The van der Waals surface area contributed by atoms with Crippen LogP contribution in [0, 0.1) is 11.5 Å². The van der Waals surface area contributed by atoms with E-state index in [-0.39, 0.29) is 0 Å². The molecule has 1 fully saturated rings. The smallest absolute Gasteiger partial charge is 0.179 e. The minimum atomic E-state index is 0.353. The molecule has 7 heavy (non-hydrogen) atoms. The van der Waals surface area contributed by atoms with E-state index in [1.54, 1.807) is 4.90 Å². The van der Waals surface area contributed by atoms with Gasteiger partial charge in [0.1, 0.15) is 0 Å². The van der Waals surface area contributed by atoms with Crippen molar-refractivity contribution in [2.75, 3.05) is 12.4 Å². The molecule has 0 aliphatic carbocycles. The summed E-state index contributed by atoms with van der Waals surface area (Å²) in [6.45, 7) is 0.861. The summed E-state index contributed by atoms with van der Waals surface area (Å²) < 4.78 is 0. The number of alkyl halides is 1. The molecule has 0 bridgehead atoms. The Bertz CT molecular complexity index is 107. The van der Waals surface area contributed by atoms with Crippen molar-refractivity contribution in [3.63, 3.8) is 0 Å². The van der Waals surface area contributed by atoms with Crippen LogP contribution < -0.4 is 0 Å². The summed E-state index contributed by atoms with van der Waals surface area (Å²) >= 11 is 5.38. The number of hydrogen-bond donors (Lipinski definition) is 0. The first kappa shape index (κ1) is 4.73. The summed E-state index contributed by atoms with van der Waals surface area (Å²) in [4.78, 5) is 1.65. The predicted octanol–water partition coefficient (Wildman–Crippen LogP) is 0.390. The first-order valence-corrected chi connectivity index (χ1v) is 2.64. The van der Waals surface area contributed by atoms with Gasteiger partial charge in [-0.15, -0.1) is 11.6 Å². The molecule has 0 radical (unpaired) electrons. The van der Waals surface area contributed by atoms with Crippen molar-refractivity contribution < 1.29 is 0 Å². The molecule has 0 saturated carbocycles. The monoisotopic (exact) mass is 116 g/mol. The minimum Gasteiger partial charge on any atom is -0.302 e. The Morgan fingerprint density at radius 3 is 2.86 bits per heavy atom. The molecular weight excluding hydrogens is 112 g/mol. The second kappa shape index (κ2) is 1.59. The van der Waals surface area contributed by atoms with Gasteiger partial charge in [0.05, 0.1) is 12.6 Å². The molecule has 0 aromatic rings. The normalized spacial score (nSPS) is 26.9. The number of hydrogen-bond acceptors (Lipinski definition) is 2. The maximum atomic E-state index is 8.12. The quantitative estimate of drug-likeness (QED) is 0.282. The largest absolute Gasteiger partial charge is 0.302 e. The Morgan fingerprint density at radius 2 is 2.71 bits per heavy atom. The Morgan fingerprint density at radius 1 is 2.00 bits per heavy atom. The van der Waals surface area contributed by atoms with Gasteiger partial charge in [0.15, 0.2) is 6.19 Å². The highest BCUT2D eigenvalue weighted by Gasteiger charge is 2.31. The number of nitrogens with zero attached hydrogens (tertiary/aromatic N) is 2. The molecule has 2 nitrogen and oxygen atoms in total. The van der Waals surface area contributed by atoms with Crippen LogP contribution in [0.1, 0.15) is 0 Å². The van der Waals surface area contributed by atoms with E-state index in [1.165, 1.54) is 0 Å². The average Bonchev–Trinajstić information content (AvgIpc) is 2.43. The summed E-state index contributed by atoms with van der Waals surface area (Å²) in [5.74, 6) is 0.591. The molecular formula is C4H5ClN2. The van der Waals surface area contributed by atoms with Crippen molar-refractivity contribution in [1.82, 2.24) is 4.90 Å². The van der Waals surface area contributed by atoms with Crippen LogP contribution >= 0.6 is 11.6 Å². The van der Waals surface area contributed by atoms with Gasteiger partial charge in [-0.1, -0.05) is 0 Å². The topological polar surface area (TPSA) is 26.8 Å². The van der Waals surface area contributed by atoms with Crippen LogP contribution in [0.25, 0.3) is 0 Å². The third kappa shape index (κ3) is 0.779. The first-order valence-electron chi connectivity index (χ1n) is 2.11. The van der Waals surface area contributed by atoms with Gasteiger partial charge in [0, 0.05) is 5.88 Å². The van der Waals surface area contributed by atoms with Gasteiger partial charge >= 0.3 is 0 Å². The lowest BCUT2D eigenvalue weighted by Gasteiger charge is -1.80. The van der Waals surface area contributed by atoms with Crippen molar-refractivity contribution in [2.45, 2.75) is 6.04 Å². The highest BCUT2D eigenvalue weighted by Crippen LogP contribution is 2.15. The molecule has 1 atom stereocenters. The molecule has 1 aliphatic rings. The fourth-order valence-electron chi connectivity index (χ4n) is 0.434. The van der Waals surface area contributed by atoms with E-state index in [2.05, 4.69) is 0 Å². The van der Waals surface area contributed by atoms with Crippen LogP contribution in [0.3, 0.4) is 0 Å². The van der Waals surface area contributed by atoms with Crippen LogP contribution in [0.2, 0.25) is 0 Å². The number of rotatable bonds is 1. The van der Waals surface area contributed by atoms with Crippen molar-refractivity contribution >= 4 is 11.6 Å². The van der Waals surface area contributed by atoms with E-state index < -0.39 is 0 Å². The Hall–Kier alpha value is -0.420. The van der Waals surface area contributed by atoms with Gasteiger partial charge in [-0.25, -0.2) is 0 Å². The summed E-state index contributed by atoms with van der Waals surface area (Å²) in [6.07, 6.45) is 1.99. The molecule has 38 valence electrons. The fourth-order valence-corrected chi connectivity index (χ4v) is 0.699. The van der Waals surface area contributed by atoms with Gasteiger partial charge in [-0.2, -0.15) is 5.26 Å². The zero-order valence-electron chi connectivity index (χ0n) is 3.76. The third-order valence-corrected chi connectivity index (χ3v) is 1.38. The highest BCUT2D eigenvalue weighted by atomic mass is 35.5. The molecule has 1 unspecified atom stereocenters. The van der Waals surface area contributed by atoms with E-state index in [1.807, 2.05) is 6.19 Å². The maximum Gasteiger partial charge on any atom is 0.179 e. The van der Waals surface area contributed by atoms with Gasteiger partial charge in [0.25, 0.3) is 0 Å². The number of nitriles is 1. The Balaban J connectivity index is 2.21. The molecule has 1 heterocycles. The van der Waals surface area contributed by atoms with Crippen molar-refractivity contribution in [3.8, 4) is 6.19 Å². The molecule has 1 rings (SSSR count). The highest BCUT2D eigenvalue weighted by molar-refractivity contribution is 6.18. The van der Waals surface area contributed by atoms with E-state index in [9.17, 15) is 0 Å². The van der Waals surface area contributed by atoms with Crippen molar-refractivity contribution in [1.29, 1.82) is 5.26 Å². The van der Waals surface area contributed by atoms with E-state index in [4.69, 9.17) is 16.9 Å². The van der Waals surface area contributed by atoms with Crippen molar-refractivity contribution in [3.05, 3.63) is 0 Å². The first-order chi connectivity index (χ1) is 3.38. The average molecular weight is 117 g/mol. The van der Waals surface area contributed by atoms with Gasteiger partial charge < -0.3 is 4.90 Å². The van der Waals surface area contributed by atoms with E-state index >= 15 is 0 Å². The standard InChI is InChI=1S/C4H5ClN2/c5-1-4-2-7(4)3-6/h4H,1-2H2. The lowest BCUT2D eigenvalue weighted by atomic mass is 10.6. The third-order valence-electron chi connectivity index (χ3n) is 1.02. The zero-order valence-corrected chi connectivity index (χ0v) is 4.52. The Labute approximate surface area is 47.3 Å². The van der Waals surface area contributed by atoms with Gasteiger partial charge in [-0.3, -0.25) is 0 Å². The summed E-state index contributed by atoms with van der Waals surface area (Å²) in [6, 6.07) is 0.353. The van der Waals surface area contributed by atoms with Crippen LogP contribution in [0.5, 0.6) is 0 Å². The summed E-state index contributed by atoms with van der Waals surface area (Å²) in [5, 5.41) is 8.12. The molecule has 0 amide bonds. The molecule has 1 saturated heterocycles. The molecule has 0 aromatic carbocycles. The SMILES string of the molecule is N#CN1CC1CCl. The van der Waals surface area contributed by atoms with Gasteiger partial charge in [0.2, 0.25) is 0 Å². The van der Waals surface area contributed by atoms with E-state index in [0.717, 1.165) is 6.54 Å². The maximum absolute atomic E-state index is 8.12. The summed E-state index contributed by atoms with van der Waals surface area (Å²) in [7, 11) is 0. The van der Waals surface area contributed by atoms with Gasteiger partial charge in [-0.05, 0) is 0 Å². The zero-order chi connectivity index (χ0) is 5.28. The van der Waals surface area contributed by atoms with Crippen LogP contribution in [0.15, 0.2) is 0 Å². The van der Waals surface area contributed by atoms with Crippen LogP contribution in [-0.2, 0) is 0 Å². The predicted molar refractivity (Wildman–Crippen MR) is 26.8 cm³/mol.